The van der Waals surface area contributed by atoms with Crippen LogP contribution in [0.3, 0.4) is 0 Å². The van der Waals surface area contributed by atoms with E-state index in [0.29, 0.717) is 6.04 Å². The van der Waals surface area contributed by atoms with Gasteiger partial charge in [0.05, 0.1) is 0 Å². The molecule has 0 bridgehead atoms. The second-order valence-corrected chi connectivity index (χ2v) is 4.80. The minimum atomic E-state index is -0.272. The van der Waals surface area contributed by atoms with Crippen LogP contribution in [0.25, 0.3) is 0 Å². The van der Waals surface area contributed by atoms with Crippen molar-refractivity contribution in [3.05, 3.63) is 35.9 Å². The van der Waals surface area contributed by atoms with Crippen LogP contribution in [0.4, 0.5) is 0 Å². The van der Waals surface area contributed by atoms with Crippen LogP contribution in [0.5, 0.6) is 0 Å². The Kier molecular flexibility index (Phi) is 3.79. The van der Waals surface area contributed by atoms with Gasteiger partial charge in [0.15, 0.2) is 0 Å². The fourth-order valence-electron chi connectivity index (χ4n) is 2.66. The lowest BCUT2D eigenvalue weighted by atomic mass is 9.97. The third kappa shape index (κ3) is 2.67. The van der Waals surface area contributed by atoms with Crippen LogP contribution < -0.4 is 5.73 Å². The zero-order chi connectivity index (χ0) is 12.3. The molecular formula is C14H20N2O. The van der Waals surface area contributed by atoms with E-state index in [1.165, 1.54) is 6.42 Å². The molecule has 0 aromatic heterocycles. The molecule has 1 aliphatic rings. The predicted octanol–water partition coefficient (Wildman–Crippen LogP) is 2.09. The van der Waals surface area contributed by atoms with Gasteiger partial charge in [-0.1, -0.05) is 36.8 Å². The van der Waals surface area contributed by atoms with Crippen LogP contribution in [0.2, 0.25) is 0 Å². The molecule has 2 N–H and O–H groups in total. The molecule has 1 aliphatic heterocycles. The Hall–Kier alpha value is -1.35. The van der Waals surface area contributed by atoms with E-state index in [9.17, 15) is 4.79 Å². The largest absolute Gasteiger partial charge is 0.368 e. The highest BCUT2D eigenvalue weighted by molar-refractivity contribution is 5.81. The molecule has 0 radical (unpaired) electrons. The first-order chi connectivity index (χ1) is 8.20. The summed E-state index contributed by atoms with van der Waals surface area (Å²) in [6.45, 7) is 3.14. The summed E-state index contributed by atoms with van der Waals surface area (Å²) in [6, 6.07) is 10.0. The van der Waals surface area contributed by atoms with Crippen molar-refractivity contribution in [1.29, 1.82) is 0 Å². The van der Waals surface area contributed by atoms with Gasteiger partial charge >= 0.3 is 0 Å². The molecule has 0 spiro atoms. The summed E-state index contributed by atoms with van der Waals surface area (Å²) in [5, 5.41) is 0. The lowest BCUT2D eigenvalue weighted by Crippen LogP contribution is -2.45. The van der Waals surface area contributed by atoms with Gasteiger partial charge in [-0.25, -0.2) is 0 Å². The molecule has 0 aliphatic carbocycles. The van der Waals surface area contributed by atoms with E-state index in [4.69, 9.17) is 5.73 Å². The van der Waals surface area contributed by atoms with Crippen molar-refractivity contribution >= 4 is 5.91 Å². The van der Waals surface area contributed by atoms with Crippen molar-refractivity contribution in [1.82, 2.24) is 4.90 Å². The molecule has 2 unspecified atom stereocenters. The van der Waals surface area contributed by atoms with E-state index in [2.05, 4.69) is 11.8 Å². The number of nitrogens with two attached hydrogens (primary N) is 1. The summed E-state index contributed by atoms with van der Waals surface area (Å²) >= 11 is 0. The molecule has 1 heterocycles. The first-order valence-electron chi connectivity index (χ1n) is 6.30. The summed E-state index contributed by atoms with van der Waals surface area (Å²) in [5.41, 5.74) is 6.59. The van der Waals surface area contributed by atoms with E-state index in [0.717, 1.165) is 24.9 Å². The van der Waals surface area contributed by atoms with Crippen molar-refractivity contribution in [2.24, 2.45) is 5.73 Å². The number of nitrogens with zero attached hydrogens (tertiary/aromatic N) is 1. The van der Waals surface area contributed by atoms with Gasteiger partial charge in [-0.2, -0.15) is 0 Å². The van der Waals surface area contributed by atoms with E-state index in [1.807, 2.05) is 30.3 Å². The van der Waals surface area contributed by atoms with Gasteiger partial charge in [-0.15, -0.1) is 0 Å². The summed E-state index contributed by atoms with van der Waals surface area (Å²) in [7, 11) is 0. The number of carbonyl (C=O) groups excluding carboxylic acids is 1. The molecule has 1 aromatic carbocycles. The van der Waals surface area contributed by atoms with Crippen LogP contribution in [0.15, 0.2) is 30.3 Å². The van der Waals surface area contributed by atoms with Crippen LogP contribution >= 0.6 is 0 Å². The number of carbonyl (C=O) groups is 1. The third-order valence-electron chi connectivity index (χ3n) is 3.57. The number of benzene rings is 1. The first kappa shape index (κ1) is 12.1. The second kappa shape index (κ2) is 5.32. The van der Waals surface area contributed by atoms with Gasteiger partial charge in [-0.05, 0) is 31.9 Å². The molecular weight excluding hydrogens is 212 g/mol. The Morgan fingerprint density at radius 3 is 2.65 bits per heavy atom. The van der Waals surface area contributed by atoms with Crippen LogP contribution in [-0.2, 0) is 4.79 Å². The lowest BCUT2D eigenvalue weighted by molar-refractivity contribution is -0.124. The van der Waals surface area contributed by atoms with Gasteiger partial charge in [0.2, 0.25) is 5.91 Å². The zero-order valence-corrected chi connectivity index (χ0v) is 10.3. The maximum Gasteiger partial charge on any atom is 0.239 e. The quantitative estimate of drug-likeness (QED) is 0.867. The Bertz CT molecular complexity index is 377. The second-order valence-electron chi connectivity index (χ2n) is 4.80. The van der Waals surface area contributed by atoms with Crippen molar-refractivity contribution in [2.45, 2.75) is 38.3 Å². The van der Waals surface area contributed by atoms with Gasteiger partial charge in [0.1, 0.15) is 6.04 Å². The molecule has 1 aromatic rings. The molecule has 92 valence electrons. The smallest absolute Gasteiger partial charge is 0.239 e. The van der Waals surface area contributed by atoms with Crippen molar-refractivity contribution in [3.8, 4) is 0 Å². The fourth-order valence-corrected chi connectivity index (χ4v) is 2.66. The monoisotopic (exact) mass is 232 g/mol. The Morgan fingerprint density at radius 1 is 1.35 bits per heavy atom. The lowest BCUT2D eigenvalue weighted by Gasteiger charge is -2.38. The first-order valence-corrected chi connectivity index (χ1v) is 6.30. The van der Waals surface area contributed by atoms with Crippen LogP contribution in [0, 0.1) is 0 Å². The van der Waals surface area contributed by atoms with E-state index < -0.39 is 0 Å². The maximum atomic E-state index is 11.7. The Balaban J connectivity index is 2.26. The number of primary amides is 1. The number of amides is 1. The minimum absolute atomic E-state index is 0.245. The van der Waals surface area contributed by atoms with Crippen LogP contribution in [-0.4, -0.2) is 23.4 Å². The molecule has 1 fully saturated rings. The topological polar surface area (TPSA) is 46.3 Å². The molecule has 1 saturated heterocycles. The third-order valence-corrected chi connectivity index (χ3v) is 3.57. The molecule has 0 saturated carbocycles. The van der Waals surface area contributed by atoms with E-state index in [1.54, 1.807) is 0 Å². The van der Waals surface area contributed by atoms with E-state index >= 15 is 0 Å². The fraction of sp³-hybridized carbons (Fsp3) is 0.500. The molecule has 2 rings (SSSR count). The van der Waals surface area contributed by atoms with Gasteiger partial charge < -0.3 is 5.73 Å². The SMILES string of the molecule is CC1CCCCN1C(C(N)=O)c1ccccc1. The van der Waals surface area contributed by atoms with Gasteiger partial charge in [0.25, 0.3) is 0 Å². The molecule has 1 amide bonds. The summed E-state index contributed by atoms with van der Waals surface area (Å²) < 4.78 is 0. The summed E-state index contributed by atoms with van der Waals surface area (Å²) in [5.74, 6) is -0.245. The Morgan fingerprint density at radius 2 is 2.06 bits per heavy atom. The summed E-state index contributed by atoms with van der Waals surface area (Å²) in [6.07, 6.45) is 3.55. The number of piperidine rings is 1. The van der Waals surface area contributed by atoms with Crippen LogP contribution in [0.1, 0.15) is 37.8 Å². The van der Waals surface area contributed by atoms with Crippen molar-refractivity contribution < 1.29 is 4.79 Å². The standard InChI is InChI=1S/C14H20N2O/c1-11-7-5-6-10-16(11)13(14(15)17)12-8-3-2-4-9-12/h2-4,8-9,11,13H,5-7,10H2,1H3,(H2,15,17). The molecule has 2 atom stereocenters. The molecule has 17 heavy (non-hydrogen) atoms. The normalized spacial score (nSPS) is 23.2. The summed E-state index contributed by atoms with van der Waals surface area (Å²) in [4.78, 5) is 14.0. The number of likely N-dealkylation sites (tertiary alicyclic amines) is 1. The van der Waals surface area contributed by atoms with Gasteiger partial charge in [0, 0.05) is 6.04 Å². The highest BCUT2D eigenvalue weighted by atomic mass is 16.1. The van der Waals surface area contributed by atoms with Gasteiger partial charge in [-0.3, -0.25) is 9.69 Å². The number of hydrogen-bond donors (Lipinski definition) is 1. The average molecular weight is 232 g/mol. The Labute approximate surface area is 103 Å². The highest BCUT2D eigenvalue weighted by Crippen LogP contribution is 2.28. The number of rotatable bonds is 3. The number of hydrogen-bond acceptors (Lipinski definition) is 2. The zero-order valence-electron chi connectivity index (χ0n) is 10.3. The average Bonchev–Trinajstić information content (AvgIpc) is 2.33. The van der Waals surface area contributed by atoms with Crippen molar-refractivity contribution in [2.75, 3.05) is 6.54 Å². The van der Waals surface area contributed by atoms with E-state index in [-0.39, 0.29) is 11.9 Å². The highest BCUT2D eigenvalue weighted by Gasteiger charge is 2.30. The minimum Gasteiger partial charge on any atom is -0.368 e. The van der Waals surface area contributed by atoms with Crippen molar-refractivity contribution in [3.63, 3.8) is 0 Å². The maximum absolute atomic E-state index is 11.7. The molecule has 3 heteroatoms. The molecule has 3 nitrogen and oxygen atoms in total. The predicted molar refractivity (Wildman–Crippen MR) is 68.4 cm³/mol.